The second-order valence-electron chi connectivity index (χ2n) is 6.05. The van der Waals surface area contributed by atoms with Gasteiger partial charge >= 0.3 is 0 Å². The van der Waals surface area contributed by atoms with E-state index in [1.54, 1.807) is 0 Å². The molecule has 0 aliphatic rings. The van der Waals surface area contributed by atoms with Crippen LogP contribution in [0.5, 0.6) is 0 Å². The number of halogens is 2. The van der Waals surface area contributed by atoms with Crippen molar-refractivity contribution >= 4 is 28.9 Å². The van der Waals surface area contributed by atoms with E-state index in [9.17, 15) is 13.6 Å². The molecule has 0 saturated heterocycles. The van der Waals surface area contributed by atoms with Crippen LogP contribution < -0.4 is 5.32 Å². The molecule has 0 aliphatic carbocycles. The van der Waals surface area contributed by atoms with Gasteiger partial charge in [0.15, 0.2) is 10.9 Å². The number of imidazole rings is 1. The molecule has 4 nitrogen and oxygen atoms in total. The lowest BCUT2D eigenvalue weighted by Gasteiger charge is -2.11. The van der Waals surface area contributed by atoms with E-state index in [1.165, 1.54) is 54.2 Å². The number of aromatic nitrogens is 2. The average molecular weight is 395 g/mol. The highest BCUT2D eigenvalue weighted by Crippen LogP contribution is 2.30. The van der Waals surface area contributed by atoms with Crippen molar-refractivity contribution in [2.45, 2.75) is 5.16 Å². The highest BCUT2D eigenvalue weighted by atomic mass is 32.2. The number of benzene rings is 2. The second kappa shape index (κ2) is 7.44. The average Bonchev–Trinajstić information content (AvgIpc) is 3.09. The van der Waals surface area contributed by atoms with Gasteiger partial charge in [0, 0.05) is 17.4 Å². The normalized spacial score (nSPS) is 11.0. The predicted molar refractivity (Wildman–Crippen MR) is 107 cm³/mol. The Morgan fingerprint density at radius 1 is 1.04 bits per heavy atom. The van der Waals surface area contributed by atoms with Gasteiger partial charge in [-0.15, -0.1) is 0 Å². The van der Waals surface area contributed by atoms with E-state index in [0.29, 0.717) is 27.5 Å². The maximum Gasteiger partial charge on any atom is 0.276 e. The van der Waals surface area contributed by atoms with E-state index < -0.39 is 11.7 Å². The summed E-state index contributed by atoms with van der Waals surface area (Å²) in [5, 5.41) is 3.51. The number of nitrogens with one attached hydrogen (secondary N) is 1. The van der Waals surface area contributed by atoms with E-state index in [-0.39, 0.29) is 11.5 Å². The lowest BCUT2D eigenvalue weighted by Crippen LogP contribution is -2.13. The first kappa shape index (κ1) is 18.2. The van der Waals surface area contributed by atoms with Crippen LogP contribution in [-0.4, -0.2) is 21.5 Å². The molecule has 0 spiro atoms. The molecule has 0 atom stereocenters. The molecule has 1 amide bonds. The molecule has 28 heavy (non-hydrogen) atoms. The number of anilines is 1. The Morgan fingerprint density at radius 2 is 1.79 bits per heavy atom. The van der Waals surface area contributed by atoms with Gasteiger partial charge in [-0.05, 0) is 54.3 Å². The van der Waals surface area contributed by atoms with Gasteiger partial charge in [-0.2, -0.15) is 0 Å². The van der Waals surface area contributed by atoms with Crippen LogP contribution in [0, 0.1) is 11.6 Å². The summed E-state index contributed by atoms with van der Waals surface area (Å²) < 4.78 is 28.9. The number of fused-ring (bicyclic) bond motifs is 1. The Hall–Kier alpha value is -3.19. The highest BCUT2D eigenvalue weighted by molar-refractivity contribution is 7.98. The third-order valence-electron chi connectivity index (χ3n) is 4.30. The topological polar surface area (TPSA) is 46.4 Å². The molecule has 4 aromatic rings. The summed E-state index contributed by atoms with van der Waals surface area (Å²) in [6.45, 7) is 0. The van der Waals surface area contributed by atoms with Crippen molar-refractivity contribution in [3.05, 3.63) is 84.2 Å². The summed E-state index contributed by atoms with van der Waals surface area (Å²) in [7, 11) is 0. The number of carbonyl (C=O) groups is 1. The van der Waals surface area contributed by atoms with Gasteiger partial charge in [0.25, 0.3) is 5.91 Å². The number of carbonyl (C=O) groups excluding carboxylic acids is 1. The first-order valence-electron chi connectivity index (χ1n) is 8.45. The van der Waals surface area contributed by atoms with Gasteiger partial charge in [0.2, 0.25) is 0 Å². The summed E-state index contributed by atoms with van der Waals surface area (Å²) in [6, 6.07) is 15.2. The Bertz CT molecular complexity index is 1170. The molecule has 0 unspecified atom stereocenters. The van der Waals surface area contributed by atoms with Gasteiger partial charge in [0.1, 0.15) is 11.6 Å². The van der Waals surface area contributed by atoms with Crippen molar-refractivity contribution in [2.75, 3.05) is 11.6 Å². The predicted octanol–water partition coefficient (Wildman–Crippen LogP) is 5.25. The fraction of sp³-hybridized carbons (Fsp3) is 0.0476. The summed E-state index contributed by atoms with van der Waals surface area (Å²) in [4.78, 5) is 17.4. The van der Waals surface area contributed by atoms with Crippen molar-refractivity contribution in [1.82, 2.24) is 9.38 Å². The lowest BCUT2D eigenvalue weighted by atomic mass is 10.0. The van der Waals surface area contributed by atoms with Crippen molar-refractivity contribution in [3.63, 3.8) is 0 Å². The third kappa shape index (κ3) is 3.36. The second-order valence-corrected chi connectivity index (χ2v) is 6.83. The third-order valence-corrected chi connectivity index (χ3v) is 4.95. The first-order valence-corrected chi connectivity index (χ1v) is 9.67. The fourth-order valence-electron chi connectivity index (χ4n) is 3.00. The molecule has 0 fully saturated rings. The summed E-state index contributed by atoms with van der Waals surface area (Å²) in [5.74, 6) is -1.24. The summed E-state index contributed by atoms with van der Waals surface area (Å²) in [5.41, 5.74) is 2.42. The molecule has 140 valence electrons. The van der Waals surface area contributed by atoms with Crippen molar-refractivity contribution in [2.24, 2.45) is 0 Å². The molecule has 1 N–H and O–H groups in total. The minimum Gasteiger partial charge on any atom is -0.320 e. The van der Waals surface area contributed by atoms with E-state index in [1.807, 2.05) is 35.1 Å². The monoisotopic (exact) mass is 395 g/mol. The quantitative estimate of drug-likeness (QED) is 0.480. The molecule has 7 heteroatoms. The number of thioether (sulfide) groups is 1. The molecule has 0 saturated carbocycles. The molecule has 0 aliphatic heterocycles. The zero-order valence-corrected chi connectivity index (χ0v) is 15.6. The van der Waals surface area contributed by atoms with Gasteiger partial charge in [0.05, 0.1) is 5.52 Å². The molecule has 2 aromatic heterocycles. The van der Waals surface area contributed by atoms with Crippen molar-refractivity contribution in [3.8, 4) is 11.1 Å². The maximum absolute atomic E-state index is 13.8. The largest absolute Gasteiger partial charge is 0.320 e. The van der Waals surface area contributed by atoms with Crippen LogP contribution in [-0.2, 0) is 0 Å². The zero-order valence-electron chi connectivity index (χ0n) is 14.8. The van der Waals surface area contributed by atoms with Crippen molar-refractivity contribution in [1.29, 1.82) is 0 Å². The summed E-state index contributed by atoms with van der Waals surface area (Å²) >= 11 is 1.43. The van der Waals surface area contributed by atoms with Crippen LogP contribution in [0.1, 0.15) is 10.5 Å². The van der Waals surface area contributed by atoms with E-state index in [0.717, 1.165) is 0 Å². The summed E-state index contributed by atoms with van der Waals surface area (Å²) in [6.07, 6.45) is 3.73. The van der Waals surface area contributed by atoms with Crippen LogP contribution in [0.2, 0.25) is 0 Å². The molecule has 0 bridgehead atoms. The van der Waals surface area contributed by atoms with E-state index in [4.69, 9.17) is 0 Å². The standard InChI is InChI=1S/C21H15F2N3OS/c1-28-21-25-19(18-4-2-3-11-26(18)21)20(27)24-17-10-9-15(23)12-16(17)13-5-7-14(22)8-6-13/h2-12H,1H3,(H,24,27). The van der Waals surface area contributed by atoms with E-state index in [2.05, 4.69) is 10.3 Å². The van der Waals surface area contributed by atoms with E-state index >= 15 is 0 Å². The molecule has 2 aromatic carbocycles. The lowest BCUT2D eigenvalue weighted by molar-refractivity contribution is 0.102. The van der Waals surface area contributed by atoms with Crippen LogP contribution >= 0.6 is 11.8 Å². The smallest absolute Gasteiger partial charge is 0.276 e. The van der Waals surface area contributed by atoms with Crippen LogP contribution in [0.15, 0.2) is 72.0 Å². The van der Waals surface area contributed by atoms with Crippen LogP contribution in [0.3, 0.4) is 0 Å². The molecule has 0 radical (unpaired) electrons. The Labute approximate surface area is 164 Å². The molecule has 4 rings (SSSR count). The van der Waals surface area contributed by atoms with Gasteiger partial charge in [-0.1, -0.05) is 30.0 Å². The maximum atomic E-state index is 13.8. The highest BCUT2D eigenvalue weighted by Gasteiger charge is 2.18. The SMILES string of the molecule is CSc1nc(C(=O)Nc2ccc(F)cc2-c2ccc(F)cc2)c2ccccn12. The minimum absolute atomic E-state index is 0.277. The Kier molecular flexibility index (Phi) is 4.83. The number of pyridine rings is 1. The fourth-order valence-corrected chi connectivity index (χ4v) is 3.53. The zero-order chi connectivity index (χ0) is 19.7. The molecular formula is C21H15F2N3OS. The number of hydrogen-bond acceptors (Lipinski definition) is 3. The van der Waals surface area contributed by atoms with Crippen LogP contribution in [0.25, 0.3) is 16.6 Å². The number of rotatable bonds is 4. The van der Waals surface area contributed by atoms with Crippen molar-refractivity contribution < 1.29 is 13.6 Å². The Morgan fingerprint density at radius 3 is 2.54 bits per heavy atom. The van der Waals surface area contributed by atoms with Gasteiger partial charge < -0.3 is 5.32 Å². The van der Waals surface area contributed by atoms with Gasteiger partial charge in [-0.3, -0.25) is 9.20 Å². The first-order chi connectivity index (χ1) is 13.6. The Balaban J connectivity index is 1.74. The van der Waals surface area contributed by atoms with Gasteiger partial charge in [-0.25, -0.2) is 13.8 Å². The number of hydrogen-bond donors (Lipinski definition) is 1. The minimum atomic E-state index is -0.450. The van der Waals surface area contributed by atoms with Crippen LogP contribution in [0.4, 0.5) is 14.5 Å². The number of amides is 1. The number of nitrogens with zero attached hydrogens (tertiary/aromatic N) is 2. The molecule has 2 heterocycles. The molecular weight excluding hydrogens is 380 g/mol.